The van der Waals surface area contributed by atoms with Crippen LogP contribution < -0.4 is 4.90 Å². The summed E-state index contributed by atoms with van der Waals surface area (Å²) in [6.07, 6.45) is 1.93. The highest BCUT2D eigenvalue weighted by atomic mass is 32.1. The summed E-state index contributed by atoms with van der Waals surface area (Å²) in [5, 5.41) is 5.21. The minimum atomic E-state index is -0.202. The molecule has 3 heterocycles. The molecule has 1 aliphatic rings. The fourth-order valence-electron chi connectivity index (χ4n) is 2.95. The van der Waals surface area contributed by atoms with Crippen molar-refractivity contribution in [2.45, 2.75) is 24.3 Å². The molecule has 3 rings (SSSR count). The van der Waals surface area contributed by atoms with Crippen LogP contribution in [-0.2, 0) is 17.2 Å². The van der Waals surface area contributed by atoms with Crippen LogP contribution in [-0.4, -0.2) is 40.0 Å². The van der Waals surface area contributed by atoms with Gasteiger partial charge in [-0.3, -0.25) is 4.68 Å². The zero-order valence-electron chi connectivity index (χ0n) is 12.7. The molecule has 0 saturated heterocycles. The number of anilines is 2. The number of aromatic nitrogens is 4. The fourth-order valence-corrected chi connectivity index (χ4v) is 3.47. The minimum Gasteiger partial charge on any atom is -0.384 e. The Hall–Kier alpha value is -1.60. The van der Waals surface area contributed by atoms with Crippen LogP contribution in [0.25, 0.3) is 0 Å². The highest BCUT2D eigenvalue weighted by Gasteiger charge is 2.43. The smallest absolute Gasteiger partial charge is 0.156 e. The van der Waals surface area contributed by atoms with Gasteiger partial charge < -0.3 is 9.64 Å². The molecule has 0 aliphatic carbocycles. The van der Waals surface area contributed by atoms with E-state index in [-0.39, 0.29) is 5.41 Å². The minimum absolute atomic E-state index is 0.202. The third-order valence-corrected chi connectivity index (χ3v) is 4.11. The van der Waals surface area contributed by atoms with E-state index in [2.05, 4.69) is 39.5 Å². The highest BCUT2D eigenvalue weighted by Crippen LogP contribution is 2.45. The van der Waals surface area contributed by atoms with Crippen molar-refractivity contribution in [1.29, 1.82) is 0 Å². The molecule has 0 radical (unpaired) electrons. The van der Waals surface area contributed by atoms with Crippen LogP contribution in [0.2, 0.25) is 0 Å². The summed E-state index contributed by atoms with van der Waals surface area (Å²) >= 11 is 4.56. The van der Waals surface area contributed by atoms with Crippen LogP contribution in [0.4, 0.5) is 11.6 Å². The van der Waals surface area contributed by atoms with Crippen LogP contribution in [0.15, 0.2) is 17.3 Å². The van der Waals surface area contributed by atoms with Gasteiger partial charge in [0.25, 0.3) is 0 Å². The van der Waals surface area contributed by atoms with Gasteiger partial charge in [0.2, 0.25) is 0 Å². The van der Waals surface area contributed by atoms with Gasteiger partial charge in [-0.25, -0.2) is 9.97 Å². The summed E-state index contributed by atoms with van der Waals surface area (Å²) < 4.78 is 7.21. The second-order valence-corrected chi connectivity index (χ2v) is 6.14. The normalized spacial score (nSPS) is 20.9. The Balaban J connectivity index is 2.16. The summed E-state index contributed by atoms with van der Waals surface area (Å²) in [5.41, 5.74) is 0.829. The van der Waals surface area contributed by atoms with Gasteiger partial charge in [-0.2, -0.15) is 5.10 Å². The van der Waals surface area contributed by atoms with Crippen molar-refractivity contribution in [1.82, 2.24) is 19.7 Å². The standard InChI is InChI=1S/C14H19N5OS/c1-9-15-12-11(13(21)16-9)14(2,8-20-4)7-19(12)10-5-6-18(3)17-10/h5-6H,7-8H2,1-4H3,(H,15,16,21). The zero-order valence-corrected chi connectivity index (χ0v) is 13.6. The van der Waals surface area contributed by atoms with Crippen molar-refractivity contribution in [3.8, 4) is 0 Å². The van der Waals surface area contributed by atoms with E-state index >= 15 is 0 Å². The Labute approximate surface area is 129 Å². The lowest BCUT2D eigenvalue weighted by atomic mass is 9.87. The third kappa shape index (κ3) is 2.30. The predicted molar refractivity (Wildman–Crippen MR) is 83.5 cm³/mol. The van der Waals surface area contributed by atoms with Gasteiger partial charge in [-0.1, -0.05) is 6.92 Å². The first-order valence-corrected chi connectivity index (χ1v) is 7.23. The Morgan fingerprint density at radius 2 is 2.19 bits per heavy atom. The second kappa shape index (κ2) is 4.99. The molecule has 0 bridgehead atoms. The van der Waals surface area contributed by atoms with E-state index < -0.39 is 0 Å². The molecule has 0 saturated carbocycles. The number of aryl methyl sites for hydroxylation is 2. The summed E-state index contributed by atoms with van der Waals surface area (Å²) in [6, 6.07) is 1.98. The number of hydrogen-bond donors (Lipinski definition) is 1. The van der Waals surface area contributed by atoms with Crippen LogP contribution in [0.3, 0.4) is 0 Å². The largest absolute Gasteiger partial charge is 0.384 e. The number of rotatable bonds is 3. The number of fused-ring (bicyclic) bond motifs is 1. The lowest BCUT2D eigenvalue weighted by Crippen LogP contribution is -2.33. The van der Waals surface area contributed by atoms with Crippen molar-refractivity contribution in [3.63, 3.8) is 0 Å². The van der Waals surface area contributed by atoms with Crippen molar-refractivity contribution < 1.29 is 4.74 Å². The predicted octanol–water partition coefficient (Wildman–Crippen LogP) is 1.86. The topological polar surface area (TPSA) is 56.1 Å². The Morgan fingerprint density at radius 1 is 1.43 bits per heavy atom. The van der Waals surface area contributed by atoms with E-state index in [0.29, 0.717) is 12.4 Å². The maximum absolute atomic E-state index is 5.42. The number of nitrogens with zero attached hydrogens (tertiary/aromatic N) is 5. The number of thiol groups is 1. The molecule has 21 heavy (non-hydrogen) atoms. The average Bonchev–Trinajstić information content (AvgIpc) is 2.92. The van der Waals surface area contributed by atoms with Gasteiger partial charge in [0.05, 0.1) is 6.61 Å². The zero-order chi connectivity index (χ0) is 15.2. The number of ether oxygens (including phenoxy) is 1. The van der Waals surface area contributed by atoms with E-state index in [4.69, 9.17) is 4.74 Å². The van der Waals surface area contributed by atoms with Crippen LogP contribution in [0, 0.1) is 6.92 Å². The first kappa shape index (κ1) is 14.3. The molecule has 0 fully saturated rings. The molecule has 1 aliphatic heterocycles. The quantitative estimate of drug-likeness (QED) is 0.693. The molecular weight excluding hydrogens is 286 g/mol. The molecule has 6 nitrogen and oxygen atoms in total. The number of methoxy groups -OCH3 is 1. The van der Waals surface area contributed by atoms with Crippen LogP contribution in [0.1, 0.15) is 18.3 Å². The van der Waals surface area contributed by atoms with Gasteiger partial charge in [0.15, 0.2) is 5.82 Å². The summed E-state index contributed by atoms with van der Waals surface area (Å²) in [4.78, 5) is 11.1. The highest BCUT2D eigenvalue weighted by molar-refractivity contribution is 7.80. The molecule has 0 spiro atoms. The first-order chi connectivity index (χ1) is 9.94. The fraction of sp³-hybridized carbons (Fsp3) is 0.500. The molecule has 7 heteroatoms. The molecule has 2 aromatic heterocycles. The molecule has 0 N–H and O–H groups in total. The van der Waals surface area contributed by atoms with Crippen molar-refractivity contribution in [2.24, 2.45) is 7.05 Å². The molecule has 0 amide bonds. The van der Waals surface area contributed by atoms with E-state index in [0.717, 1.165) is 28.8 Å². The summed E-state index contributed by atoms with van der Waals surface area (Å²) in [6.45, 7) is 5.36. The lowest BCUT2D eigenvalue weighted by Gasteiger charge is -2.24. The first-order valence-electron chi connectivity index (χ1n) is 6.79. The van der Waals surface area contributed by atoms with Gasteiger partial charge >= 0.3 is 0 Å². The molecule has 0 aromatic carbocycles. The summed E-state index contributed by atoms with van der Waals surface area (Å²) in [5.74, 6) is 2.47. The maximum Gasteiger partial charge on any atom is 0.156 e. The van der Waals surface area contributed by atoms with E-state index in [1.165, 1.54) is 0 Å². The van der Waals surface area contributed by atoms with Crippen molar-refractivity contribution >= 4 is 24.3 Å². The van der Waals surface area contributed by atoms with E-state index in [1.807, 2.05) is 26.2 Å². The monoisotopic (exact) mass is 305 g/mol. The van der Waals surface area contributed by atoms with Gasteiger partial charge in [-0.05, 0) is 6.92 Å². The molecule has 112 valence electrons. The van der Waals surface area contributed by atoms with Crippen molar-refractivity contribution in [3.05, 3.63) is 23.7 Å². The number of hydrogen-bond acceptors (Lipinski definition) is 6. The molecule has 1 unspecified atom stereocenters. The van der Waals surface area contributed by atoms with Crippen molar-refractivity contribution in [2.75, 3.05) is 25.2 Å². The van der Waals surface area contributed by atoms with E-state index in [1.54, 1.807) is 11.8 Å². The summed E-state index contributed by atoms with van der Waals surface area (Å²) in [7, 11) is 3.62. The average molecular weight is 305 g/mol. The Morgan fingerprint density at radius 3 is 2.81 bits per heavy atom. The SMILES string of the molecule is COCC1(C)CN(c2ccn(C)n2)c2nc(C)nc(S)c21. The maximum atomic E-state index is 5.42. The molecule has 2 aromatic rings. The second-order valence-electron chi connectivity index (χ2n) is 5.72. The lowest BCUT2D eigenvalue weighted by molar-refractivity contribution is 0.144. The van der Waals surface area contributed by atoms with Crippen LogP contribution >= 0.6 is 12.6 Å². The van der Waals surface area contributed by atoms with Gasteiger partial charge in [-0.15, -0.1) is 12.6 Å². The van der Waals surface area contributed by atoms with Gasteiger partial charge in [0, 0.05) is 43.9 Å². The van der Waals surface area contributed by atoms with E-state index in [9.17, 15) is 0 Å². The van der Waals surface area contributed by atoms with Gasteiger partial charge in [0.1, 0.15) is 16.7 Å². The Bertz CT molecular complexity index is 686. The van der Waals surface area contributed by atoms with Crippen LogP contribution in [0.5, 0.6) is 0 Å². The third-order valence-electron chi connectivity index (χ3n) is 3.79. The molecular formula is C14H19N5OS. The molecule has 1 atom stereocenters. The Kier molecular flexibility index (Phi) is 3.41.